The van der Waals surface area contributed by atoms with Crippen LogP contribution in [-0.2, 0) is 4.79 Å². The van der Waals surface area contributed by atoms with Crippen LogP contribution in [0.4, 0.5) is 0 Å². The van der Waals surface area contributed by atoms with E-state index in [4.69, 9.17) is 0 Å². The zero-order valence-electron chi connectivity index (χ0n) is 15.8. The summed E-state index contributed by atoms with van der Waals surface area (Å²) in [5.41, 5.74) is 0. The number of benzene rings is 1. The first-order valence-electron chi connectivity index (χ1n) is 8.33. The van der Waals surface area contributed by atoms with Gasteiger partial charge in [0, 0.05) is 37.3 Å². The Kier molecular flexibility index (Phi) is 12.8. The summed E-state index contributed by atoms with van der Waals surface area (Å²) in [5.74, 6) is 2.11. The van der Waals surface area contributed by atoms with Crippen LogP contribution in [0, 0.1) is 5.92 Å². The number of aliphatic imine (C=N–C) groups is 1. The molecule has 0 spiro atoms. The van der Waals surface area contributed by atoms with Crippen molar-refractivity contribution >= 4 is 47.6 Å². The number of amides is 1. The van der Waals surface area contributed by atoms with Gasteiger partial charge in [-0.25, -0.2) is 4.99 Å². The molecule has 0 aromatic heterocycles. The number of likely N-dealkylation sites (N-methyl/N-ethyl adjacent to an activating group) is 1. The van der Waals surface area contributed by atoms with Crippen molar-refractivity contribution in [3.63, 3.8) is 0 Å². The Balaban J connectivity index is 0.00000576. The summed E-state index contributed by atoms with van der Waals surface area (Å²) < 4.78 is 0. The van der Waals surface area contributed by atoms with Crippen LogP contribution in [0.2, 0.25) is 0 Å². The fourth-order valence-electron chi connectivity index (χ4n) is 1.68. The quantitative estimate of drug-likeness (QED) is 0.198. The van der Waals surface area contributed by atoms with E-state index in [1.165, 1.54) is 4.90 Å². The minimum atomic E-state index is -0.00744. The fourth-order valence-corrected chi connectivity index (χ4v) is 2.47. The highest BCUT2D eigenvalue weighted by Gasteiger charge is 2.10. The summed E-state index contributed by atoms with van der Waals surface area (Å²) >= 11 is 1.80. The van der Waals surface area contributed by atoms with Gasteiger partial charge in [0.15, 0.2) is 5.96 Å². The molecule has 0 fully saturated rings. The molecule has 142 valence electrons. The Morgan fingerprint density at radius 1 is 1.20 bits per heavy atom. The van der Waals surface area contributed by atoms with Crippen molar-refractivity contribution in [1.82, 2.24) is 15.5 Å². The van der Waals surface area contributed by atoms with Crippen molar-refractivity contribution in [2.24, 2.45) is 10.9 Å². The first-order valence-corrected chi connectivity index (χ1v) is 9.31. The Hall–Kier alpha value is -0.960. The van der Waals surface area contributed by atoms with Crippen molar-refractivity contribution < 1.29 is 4.79 Å². The molecular formula is C18H31IN4OS. The number of carbonyl (C=O) groups excluding carboxylic acids is 1. The lowest BCUT2D eigenvalue weighted by Crippen LogP contribution is -2.45. The lowest BCUT2D eigenvalue weighted by molar-refractivity contribution is -0.127. The third-order valence-corrected chi connectivity index (χ3v) is 4.66. The van der Waals surface area contributed by atoms with Gasteiger partial charge < -0.3 is 15.5 Å². The Morgan fingerprint density at radius 2 is 1.84 bits per heavy atom. The average Bonchev–Trinajstić information content (AvgIpc) is 2.56. The van der Waals surface area contributed by atoms with Gasteiger partial charge in [0.2, 0.25) is 5.91 Å². The molecule has 1 aromatic rings. The Bertz CT molecular complexity index is 523. The maximum Gasteiger partial charge on any atom is 0.243 e. The second-order valence-electron chi connectivity index (χ2n) is 6.22. The molecular weight excluding hydrogens is 447 g/mol. The minimum Gasteiger partial charge on any atom is -0.356 e. The number of rotatable bonds is 8. The van der Waals surface area contributed by atoms with E-state index in [0.717, 1.165) is 12.3 Å². The van der Waals surface area contributed by atoms with Crippen LogP contribution in [0.15, 0.2) is 40.2 Å². The predicted octanol–water partition coefficient (Wildman–Crippen LogP) is 3.06. The number of nitrogens with one attached hydrogen (secondary N) is 2. The standard InChI is InChI=1S/C18H30N4OS.HI/c1-14(2)15(3)21-18(20-13-17(23)22(4)5)19-11-12-24-16-9-7-6-8-10-16;/h6-10,14-15H,11-13H2,1-5H3,(H2,19,20,21);1H. The molecule has 1 amide bonds. The molecule has 0 saturated heterocycles. The summed E-state index contributed by atoms with van der Waals surface area (Å²) in [4.78, 5) is 19.0. The van der Waals surface area contributed by atoms with Gasteiger partial charge in [-0.05, 0) is 25.0 Å². The second kappa shape index (κ2) is 13.3. The Labute approximate surface area is 173 Å². The van der Waals surface area contributed by atoms with Gasteiger partial charge >= 0.3 is 0 Å². The van der Waals surface area contributed by atoms with E-state index in [0.29, 0.717) is 11.9 Å². The smallest absolute Gasteiger partial charge is 0.243 e. The SMILES string of the molecule is CC(C)C(C)NC(=NCC(=O)N(C)C)NCCSc1ccccc1.I. The van der Waals surface area contributed by atoms with E-state index in [9.17, 15) is 4.79 Å². The maximum atomic E-state index is 11.7. The van der Waals surface area contributed by atoms with Crippen LogP contribution in [-0.4, -0.2) is 55.7 Å². The minimum absolute atomic E-state index is 0. The highest BCUT2D eigenvalue weighted by atomic mass is 127. The van der Waals surface area contributed by atoms with E-state index in [2.05, 4.69) is 48.5 Å². The van der Waals surface area contributed by atoms with E-state index in [-0.39, 0.29) is 42.5 Å². The molecule has 0 aliphatic carbocycles. The molecule has 1 aromatic carbocycles. The number of halogens is 1. The topological polar surface area (TPSA) is 56.7 Å². The van der Waals surface area contributed by atoms with Crippen LogP contribution >= 0.6 is 35.7 Å². The molecule has 1 unspecified atom stereocenters. The number of guanidine groups is 1. The van der Waals surface area contributed by atoms with Crippen molar-refractivity contribution in [1.29, 1.82) is 0 Å². The zero-order chi connectivity index (χ0) is 17.9. The van der Waals surface area contributed by atoms with Gasteiger partial charge in [-0.15, -0.1) is 35.7 Å². The number of hydrogen-bond acceptors (Lipinski definition) is 3. The molecule has 1 atom stereocenters. The number of nitrogens with zero attached hydrogens (tertiary/aromatic N) is 2. The average molecular weight is 478 g/mol. The molecule has 1 rings (SSSR count). The highest BCUT2D eigenvalue weighted by molar-refractivity contribution is 14.0. The lowest BCUT2D eigenvalue weighted by Gasteiger charge is -2.21. The lowest BCUT2D eigenvalue weighted by atomic mass is 10.1. The van der Waals surface area contributed by atoms with E-state index < -0.39 is 0 Å². The van der Waals surface area contributed by atoms with Crippen molar-refractivity contribution in [2.45, 2.75) is 31.7 Å². The summed E-state index contributed by atoms with van der Waals surface area (Å²) in [6.07, 6.45) is 0. The monoisotopic (exact) mass is 478 g/mol. The molecule has 0 radical (unpaired) electrons. The third kappa shape index (κ3) is 10.6. The van der Waals surface area contributed by atoms with E-state index in [1.54, 1.807) is 30.8 Å². The molecule has 0 saturated carbocycles. The van der Waals surface area contributed by atoms with E-state index in [1.807, 2.05) is 18.2 Å². The largest absolute Gasteiger partial charge is 0.356 e. The molecule has 5 nitrogen and oxygen atoms in total. The summed E-state index contributed by atoms with van der Waals surface area (Å²) in [6, 6.07) is 10.6. The van der Waals surface area contributed by atoms with Gasteiger partial charge in [0.25, 0.3) is 0 Å². The van der Waals surface area contributed by atoms with Crippen LogP contribution in [0.3, 0.4) is 0 Å². The van der Waals surface area contributed by atoms with Gasteiger partial charge in [-0.3, -0.25) is 4.79 Å². The highest BCUT2D eigenvalue weighted by Crippen LogP contribution is 2.15. The van der Waals surface area contributed by atoms with Crippen molar-refractivity contribution in [3.8, 4) is 0 Å². The molecule has 2 N–H and O–H groups in total. The van der Waals surface area contributed by atoms with Crippen LogP contribution in [0.25, 0.3) is 0 Å². The fraction of sp³-hybridized carbons (Fsp3) is 0.556. The summed E-state index contributed by atoms with van der Waals surface area (Å²) in [6.45, 7) is 7.37. The molecule has 7 heteroatoms. The van der Waals surface area contributed by atoms with Crippen LogP contribution in [0.1, 0.15) is 20.8 Å². The van der Waals surface area contributed by atoms with Gasteiger partial charge in [-0.1, -0.05) is 32.0 Å². The molecule has 0 aliphatic rings. The molecule has 0 bridgehead atoms. The number of thioether (sulfide) groups is 1. The number of hydrogen-bond donors (Lipinski definition) is 2. The van der Waals surface area contributed by atoms with Crippen molar-refractivity contribution in [3.05, 3.63) is 30.3 Å². The maximum absolute atomic E-state index is 11.7. The third-order valence-electron chi connectivity index (χ3n) is 3.64. The van der Waals surface area contributed by atoms with Gasteiger partial charge in [0.1, 0.15) is 6.54 Å². The van der Waals surface area contributed by atoms with Gasteiger partial charge in [-0.2, -0.15) is 0 Å². The van der Waals surface area contributed by atoms with E-state index >= 15 is 0 Å². The van der Waals surface area contributed by atoms with Gasteiger partial charge in [0.05, 0.1) is 0 Å². The second-order valence-corrected chi connectivity index (χ2v) is 7.39. The molecule has 0 heterocycles. The summed E-state index contributed by atoms with van der Waals surface area (Å²) in [7, 11) is 3.48. The predicted molar refractivity (Wildman–Crippen MR) is 119 cm³/mol. The summed E-state index contributed by atoms with van der Waals surface area (Å²) in [5, 5.41) is 6.69. The Morgan fingerprint density at radius 3 is 2.40 bits per heavy atom. The van der Waals surface area contributed by atoms with Crippen LogP contribution in [0.5, 0.6) is 0 Å². The number of carbonyl (C=O) groups is 1. The molecule has 25 heavy (non-hydrogen) atoms. The molecule has 0 aliphatic heterocycles. The van der Waals surface area contributed by atoms with Crippen LogP contribution < -0.4 is 10.6 Å². The normalized spacial score (nSPS) is 12.3. The first-order chi connectivity index (χ1) is 11.4. The zero-order valence-corrected chi connectivity index (χ0v) is 18.9. The first kappa shape index (κ1) is 24.0. The van der Waals surface area contributed by atoms with Crippen molar-refractivity contribution in [2.75, 3.05) is 32.9 Å².